The van der Waals surface area contributed by atoms with E-state index in [4.69, 9.17) is 0 Å². The minimum Gasteiger partial charge on any atom is -0.352 e. The molecule has 186 valence electrons. The third-order valence-electron chi connectivity index (χ3n) is 6.04. The summed E-state index contributed by atoms with van der Waals surface area (Å²) in [6, 6.07) is 13.9. The Balaban J connectivity index is 2.43. The van der Waals surface area contributed by atoms with Crippen LogP contribution in [-0.2, 0) is 26.2 Å². The number of amides is 2. The Hall–Kier alpha value is -2.87. The van der Waals surface area contributed by atoms with Gasteiger partial charge in [-0.3, -0.25) is 13.9 Å². The predicted molar refractivity (Wildman–Crippen MR) is 137 cm³/mol. The average molecular weight is 488 g/mol. The number of carbonyl (C=O) groups is 2. The van der Waals surface area contributed by atoms with Gasteiger partial charge in [-0.05, 0) is 62.4 Å². The topological polar surface area (TPSA) is 86.8 Å². The van der Waals surface area contributed by atoms with Crippen molar-refractivity contribution in [1.82, 2.24) is 10.2 Å². The summed E-state index contributed by atoms with van der Waals surface area (Å²) in [5.41, 5.74) is 3.25. The molecule has 0 fully saturated rings. The molecule has 0 aliphatic heterocycles. The van der Waals surface area contributed by atoms with Crippen LogP contribution in [0.25, 0.3) is 0 Å². The van der Waals surface area contributed by atoms with Crippen LogP contribution < -0.4 is 9.62 Å². The number of sulfonamides is 1. The molecule has 0 heterocycles. The van der Waals surface area contributed by atoms with E-state index in [-0.39, 0.29) is 25.0 Å². The van der Waals surface area contributed by atoms with Crippen LogP contribution in [0.2, 0.25) is 0 Å². The lowest BCUT2D eigenvalue weighted by Crippen LogP contribution is -2.53. The zero-order valence-electron chi connectivity index (χ0n) is 21.0. The number of hydrogen-bond donors (Lipinski definition) is 1. The zero-order valence-corrected chi connectivity index (χ0v) is 21.9. The van der Waals surface area contributed by atoms with Crippen molar-refractivity contribution in [1.29, 1.82) is 0 Å². The number of benzene rings is 2. The van der Waals surface area contributed by atoms with E-state index < -0.39 is 22.0 Å². The quantitative estimate of drug-likeness (QED) is 0.522. The fraction of sp³-hybridized carbons (Fsp3) is 0.462. The second-order valence-corrected chi connectivity index (χ2v) is 10.7. The van der Waals surface area contributed by atoms with Gasteiger partial charge in [0, 0.05) is 12.6 Å². The van der Waals surface area contributed by atoms with Crippen molar-refractivity contribution in [2.24, 2.45) is 0 Å². The first kappa shape index (κ1) is 27.4. The van der Waals surface area contributed by atoms with Gasteiger partial charge < -0.3 is 10.2 Å². The number of nitrogens with zero attached hydrogens (tertiary/aromatic N) is 2. The van der Waals surface area contributed by atoms with Crippen LogP contribution >= 0.6 is 0 Å². The van der Waals surface area contributed by atoms with Crippen LogP contribution in [0.5, 0.6) is 0 Å². The maximum absolute atomic E-state index is 13.6. The van der Waals surface area contributed by atoms with Crippen LogP contribution in [0.4, 0.5) is 5.69 Å². The lowest BCUT2D eigenvalue weighted by molar-refractivity contribution is -0.140. The molecule has 34 heavy (non-hydrogen) atoms. The molecule has 0 aliphatic carbocycles. The highest BCUT2D eigenvalue weighted by molar-refractivity contribution is 7.92. The summed E-state index contributed by atoms with van der Waals surface area (Å²) in [4.78, 5) is 28.2. The van der Waals surface area contributed by atoms with Crippen molar-refractivity contribution in [3.8, 4) is 0 Å². The van der Waals surface area contributed by atoms with Crippen molar-refractivity contribution in [3.05, 3.63) is 65.2 Å². The Kier molecular flexibility index (Phi) is 9.67. The first-order valence-electron chi connectivity index (χ1n) is 11.7. The van der Waals surface area contributed by atoms with E-state index in [1.165, 1.54) is 4.90 Å². The van der Waals surface area contributed by atoms with Gasteiger partial charge in [-0.1, -0.05) is 50.2 Å². The van der Waals surface area contributed by atoms with Gasteiger partial charge >= 0.3 is 0 Å². The summed E-state index contributed by atoms with van der Waals surface area (Å²) in [7, 11) is -3.74. The zero-order chi connectivity index (χ0) is 25.5. The smallest absolute Gasteiger partial charge is 0.244 e. The van der Waals surface area contributed by atoms with Gasteiger partial charge in [0.05, 0.1) is 11.9 Å². The van der Waals surface area contributed by atoms with Crippen LogP contribution in [0, 0.1) is 13.8 Å². The lowest BCUT2D eigenvalue weighted by Gasteiger charge is -2.33. The summed E-state index contributed by atoms with van der Waals surface area (Å²) in [6.45, 7) is 9.40. The molecule has 0 saturated heterocycles. The molecule has 0 unspecified atom stereocenters. The molecule has 0 radical (unpaired) electrons. The van der Waals surface area contributed by atoms with Gasteiger partial charge in [0.1, 0.15) is 12.6 Å². The van der Waals surface area contributed by atoms with Gasteiger partial charge in [-0.15, -0.1) is 0 Å². The lowest BCUT2D eigenvalue weighted by atomic mass is 10.1. The number of hydrogen-bond acceptors (Lipinski definition) is 4. The summed E-state index contributed by atoms with van der Waals surface area (Å²) in [6.07, 6.45) is 2.26. The SMILES string of the molecule is CC[C@@H](C)NC(=O)[C@H](CC)N(Cc1ccccc1)C(=O)CN(c1ccc(C)c(C)c1)S(C)(=O)=O. The predicted octanol–water partition coefficient (Wildman–Crippen LogP) is 3.79. The monoisotopic (exact) mass is 487 g/mol. The van der Waals surface area contributed by atoms with Crippen LogP contribution in [0.3, 0.4) is 0 Å². The Morgan fingerprint density at radius 3 is 2.15 bits per heavy atom. The van der Waals surface area contributed by atoms with Gasteiger partial charge in [-0.25, -0.2) is 8.42 Å². The maximum atomic E-state index is 13.6. The third-order valence-corrected chi connectivity index (χ3v) is 7.18. The largest absolute Gasteiger partial charge is 0.352 e. The van der Waals surface area contributed by atoms with E-state index >= 15 is 0 Å². The molecule has 0 saturated carbocycles. The molecule has 8 heteroatoms. The van der Waals surface area contributed by atoms with E-state index in [0.29, 0.717) is 12.1 Å². The first-order valence-corrected chi connectivity index (χ1v) is 13.5. The highest BCUT2D eigenvalue weighted by atomic mass is 32.2. The Bertz CT molecular complexity index is 1090. The second-order valence-electron chi connectivity index (χ2n) is 8.79. The molecule has 2 aromatic carbocycles. The minimum absolute atomic E-state index is 0.0294. The summed E-state index contributed by atoms with van der Waals surface area (Å²) in [5, 5.41) is 2.97. The van der Waals surface area contributed by atoms with E-state index in [1.54, 1.807) is 12.1 Å². The molecule has 2 aromatic rings. The van der Waals surface area contributed by atoms with Crippen LogP contribution in [0.15, 0.2) is 48.5 Å². The number of aryl methyl sites for hydroxylation is 2. The standard InChI is InChI=1S/C26H37N3O4S/c1-7-21(5)27-26(31)24(8-2)28(17-22-12-10-9-11-13-22)25(30)18-29(34(6,32)33)23-15-14-19(3)20(4)16-23/h9-16,21,24H,7-8,17-18H2,1-6H3,(H,27,31)/t21-,24+/m1/s1. The van der Waals surface area contributed by atoms with Gasteiger partial charge in [0.15, 0.2) is 0 Å². The highest BCUT2D eigenvalue weighted by Gasteiger charge is 2.32. The minimum atomic E-state index is -3.74. The normalized spacial score (nSPS) is 13.1. The molecule has 0 bridgehead atoms. The maximum Gasteiger partial charge on any atom is 0.244 e. The summed E-state index contributed by atoms with van der Waals surface area (Å²) in [5.74, 6) is -0.670. The van der Waals surface area contributed by atoms with E-state index in [1.807, 2.05) is 71.0 Å². The molecule has 2 atom stereocenters. The van der Waals surface area contributed by atoms with E-state index in [9.17, 15) is 18.0 Å². The summed E-state index contributed by atoms with van der Waals surface area (Å²) >= 11 is 0. The number of rotatable bonds is 11. The molecule has 2 rings (SSSR count). The molecule has 0 spiro atoms. The van der Waals surface area contributed by atoms with E-state index in [2.05, 4.69) is 5.32 Å². The van der Waals surface area contributed by atoms with Gasteiger partial charge in [-0.2, -0.15) is 0 Å². The third kappa shape index (κ3) is 7.32. The number of nitrogens with one attached hydrogen (secondary N) is 1. The second kappa shape index (κ2) is 12.0. The first-order chi connectivity index (χ1) is 16.0. The highest BCUT2D eigenvalue weighted by Crippen LogP contribution is 2.22. The molecule has 1 N–H and O–H groups in total. The van der Waals surface area contributed by atoms with Crippen molar-refractivity contribution in [3.63, 3.8) is 0 Å². The molecule has 7 nitrogen and oxygen atoms in total. The van der Waals surface area contributed by atoms with Crippen LogP contribution in [-0.4, -0.2) is 50.0 Å². The molecule has 0 aliphatic rings. The summed E-state index contributed by atoms with van der Waals surface area (Å²) < 4.78 is 26.5. The van der Waals surface area contributed by atoms with Crippen molar-refractivity contribution in [2.45, 2.75) is 66.1 Å². The Morgan fingerprint density at radius 1 is 0.971 bits per heavy atom. The molecular formula is C26H37N3O4S. The molecule has 0 aromatic heterocycles. The van der Waals surface area contributed by atoms with E-state index in [0.717, 1.165) is 33.7 Å². The van der Waals surface area contributed by atoms with Crippen LogP contribution in [0.1, 0.15) is 50.3 Å². The molecule has 2 amide bonds. The average Bonchev–Trinajstić information content (AvgIpc) is 2.78. The number of carbonyl (C=O) groups excluding carboxylic acids is 2. The molecular weight excluding hydrogens is 450 g/mol. The Morgan fingerprint density at radius 2 is 1.62 bits per heavy atom. The Labute approximate surface area is 204 Å². The van der Waals surface area contributed by atoms with Crippen molar-refractivity contribution in [2.75, 3.05) is 17.1 Å². The fourth-order valence-corrected chi connectivity index (χ4v) is 4.48. The van der Waals surface area contributed by atoms with Crippen molar-refractivity contribution < 1.29 is 18.0 Å². The van der Waals surface area contributed by atoms with Gasteiger partial charge in [0.25, 0.3) is 0 Å². The van der Waals surface area contributed by atoms with Gasteiger partial charge in [0.2, 0.25) is 21.8 Å². The fourth-order valence-electron chi connectivity index (χ4n) is 3.64. The number of anilines is 1. The van der Waals surface area contributed by atoms with Crippen molar-refractivity contribution >= 4 is 27.5 Å².